The van der Waals surface area contributed by atoms with Crippen molar-refractivity contribution in [1.82, 2.24) is 0 Å². The lowest BCUT2D eigenvalue weighted by molar-refractivity contribution is -0.156. The van der Waals surface area contributed by atoms with E-state index in [1.54, 1.807) is 6.92 Å². The first-order chi connectivity index (χ1) is 13.0. The van der Waals surface area contributed by atoms with Crippen LogP contribution < -0.4 is 5.32 Å². The van der Waals surface area contributed by atoms with Gasteiger partial charge in [-0.05, 0) is 50.5 Å². The van der Waals surface area contributed by atoms with Crippen LogP contribution in [0.3, 0.4) is 0 Å². The third-order valence-electron chi connectivity index (χ3n) is 4.78. The molecule has 1 N–H and O–H groups in total. The summed E-state index contributed by atoms with van der Waals surface area (Å²) in [5.41, 5.74) is 1.42. The van der Waals surface area contributed by atoms with Gasteiger partial charge in [0.2, 0.25) is 0 Å². The summed E-state index contributed by atoms with van der Waals surface area (Å²) in [6.07, 6.45) is 3.53. The van der Waals surface area contributed by atoms with Gasteiger partial charge in [-0.2, -0.15) is 0 Å². The number of carbonyl (C=O) groups excluding carboxylic acids is 3. The number of amides is 1. The molecule has 1 aliphatic heterocycles. The van der Waals surface area contributed by atoms with Crippen molar-refractivity contribution >= 4 is 34.2 Å². The van der Waals surface area contributed by atoms with Crippen molar-refractivity contribution in [3.8, 4) is 0 Å². The third kappa shape index (κ3) is 4.68. The monoisotopic (exact) mass is 395 g/mol. The minimum absolute atomic E-state index is 0.270. The lowest BCUT2D eigenvalue weighted by Crippen LogP contribution is -2.27. The van der Waals surface area contributed by atoms with Crippen LogP contribution in [-0.2, 0) is 36.6 Å². The molecule has 2 atom stereocenters. The molecular formula is C19H25NO6S. The first-order valence-electron chi connectivity index (χ1n) is 9.39. The van der Waals surface area contributed by atoms with E-state index in [0.29, 0.717) is 29.5 Å². The van der Waals surface area contributed by atoms with Crippen LogP contribution in [0.5, 0.6) is 0 Å². The number of ether oxygens (including phenoxy) is 3. The van der Waals surface area contributed by atoms with Crippen LogP contribution in [0, 0.1) is 5.92 Å². The van der Waals surface area contributed by atoms with Gasteiger partial charge in [0.15, 0.2) is 12.7 Å². The summed E-state index contributed by atoms with van der Waals surface area (Å²) in [6, 6.07) is 0. The Morgan fingerprint density at radius 1 is 1.26 bits per heavy atom. The summed E-state index contributed by atoms with van der Waals surface area (Å²) in [4.78, 5) is 37.7. The average Bonchev–Trinajstić information content (AvgIpc) is 3.27. The molecule has 1 amide bonds. The summed E-state index contributed by atoms with van der Waals surface area (Å²) in [7, 11) is 0. The van der Waals surface area contributed by atoms with Crippen LogP contribution in [0.4, 0.5) is 5.00 Å². The highest BCUT2D eigenvalue weighted by molar-refractivity contribution is 7.17. The minimum Gasteiger partial charge on any atom is -0.462 e. The molecule has 27 heavy (non-hydrogen) atoms. The fraction of sp³-hybridized carbons (Fsp3) is 0.632. The van der Waals surface area contributed by atoms with E-state index in [9.17, 15) is 14.4 Å². The van der Waals surface area contributed by atoms with Gasteiger partial charge in [-0.1, -0.05) is 6.92 Å². The van der Waals surface area contributed by atoms with E-state index in [2.05, 4.69) is 12.2 Å². The van der Waals surface area contributed by atoms with Crippen molar-refractivity contribution in [2.24, 2.45) is 5.92 Å². The van der Waals surface area contributed by atoms with Crippen LogP contribution in [-0.4, -0.2) is 43.8 Å². The zero-order valence-electron chi connectivity index (χ0n) is 15.7. The molecule has 1 saturated heterocycles. The van der Waals surface area contributed by atoms with Crippen molar-refractivity contribution in [3.05, 3.63) is 16.0 Å². The van der Waals surface area contributed by atoms with Crippen molar-refractivity contribution in [2.75, 3.05) is 25.1 Å². The van der Waals surface area contributed by atoms with E-state index in [1.807, 2.05) is 0 Å². The van der Waals surface area contributed by atoms with Gasteiger partial charge >= 0.3 is 11.9 Å². The molecule has 0 aromatic carbocycles. The Kier molecular flexibility index (Phi) is 6.49. The highest BCUT2D eigenvalue weighted by Crippen LogP contribution is 2.40. The highest BCUT2D eigenvalue weighted by Gasteiger charge is 2.30. The summed E-state index contributed by atoms with van der Waals surface area (Å²) in [6.45, 7) is 4.33. The maximum atomic E-state index is 12.4. The van der Waals surface area contributed by atoms with E-state index in [1.165, 1.54) is 11.3 Å². The lowest BCUT2D eigenvalue weighted by Gasteiger charge is -2.18. The van der Waals surface area contributed by atoms with Gasteiger partial charge in [-0.15, -0.1) is 11.3 Å². The van der Waals surface area contributed by atoms with Crippen molar-refractivity contribution in [1.29, 1.82) is 0 Å². The zero-order chi connectivity index (χ0) is 19.4. The van der Waals surface area contributed by atoms with Gasteiger partial charge in [-0.25, -0.2) is 9.59 Å². The molecule has 1 aliphatic carbocycles. The molecular weight excluding hydrogens is 370 g/mol. The molecule has 3 rings (SSSR count). The minimum atomic E-state index is -0.580. The van der Waals surface area contributed by atoms with Gasteiger partial charge in [0, 0.05) is 11.5 Å². The molecule has 2 heterocycles. The van der Waals surface area contributed by atoms with E-state index >= 15 is 0 Å². The molecule has 148 valence electrons. The van der Waals surface area contributed by atoms with Crippen LogP contribution in [0.15, 0.2) is 0 Å². The van der Waals surface area contributed by atoms with E-state index in [4.69, 9.17) is 14.2 Å². The van der Waals surface area contributed by atoms with Crippen molar-refractivity contribution in [3.63, 3.8) is 0 Å². The molecule has 0 spiro atoms. The molecule has 2 aliphatic rings. The Hall–Kier alpha value is -1.93. The Bertz CT molecular complexity index is 722. The molecule has 1 fully saturated rings. The lowest BCUT2D eigenvalue weighted by atomic mass is 9.88. The van der Waals surface area contributed by atoms with E-state index in [0.717, 1.165) is 36.1 Å². The second-order valence-electron chi connectivity index (χ2n) is 6.93. The summed E-state index contributed by atoms with van der Waals surface area (Å²) < 4.78 is 15.5. The van der Waals surface area contributed by atoms with Crippen LogP contribution in [0.25, 0.3) is 0 Å². The smallest absolute Gasteiger partial charge is 0.341 e. The quantitative estimate of drug-likeness (QED) is 0.745. The van der Waals surface area contributed by atoms with Gasteiger partial charge in [0.05, 0.1) is 12.2 Å². The van der Waals surface area contributed by atoms with Gasteiger partial charge in [0.25, 0.3) is 5.91 Å². The first kappa shape index (κ1) is 19.8. The summed E-state index contributed by atoms with van der Waals surface area (Å²) in [5.74, 6) is -0.871. The molecule has 0 saturated carbocycles. The Labute approximate surface area is 162 Å². The average molecular weight is 395 g/mol. The van der Waals surface area contributed by atoms with Crippen LogP contribution >= 0.6 is 11.3 Å². The Balaban J connectivity index is 1.68. The second-order valence-corrected chi connectivity index (χ2v) is 8.04. The summed E-state index contributed by atoms with van der Waals surface area (Å²) >= 11 is 1.41. The Morgan fingerprint density at radius 3 is 2.78 bits per heavy atom. The van der Waals surface area contributed by atoms with Crippen LogP contribution in [0.2, 0.25) is 0 Å². The topological polar surface area (TPSA) is 90.9 Å². The number of anilines is 1. The number of rotatable bonds is 6. The maximum Gasteiger partial charge on any atom is 0.341 e. The predicted octanol–water partition coefficient (Wildman–Crippen LogP) is 2.71. The molecule has 1 aromatic heterocycles. The van der Waals surface area contributed by atoms with Gasteiger partial charge < -0.3 is 19.5 Å². The predicted molar refractivity (Wildman–Crippen MR) is 100 cm³/mol. The normalized spacial score (nSPS) is 21.4. The second kappa shape index (κ2) is 8.84. The fourth-order valence-electron chi connectivity index (χ4n) is 3.41. The number of carbonyl (C=O) groups is 3. The molecule has 0 radical (unpaired) electrons. The van der Waals surface area contributed by atoms with Crippen LogP contribution in [0.1, 0.15) is 53.9 Å². The number of hydrogen-bond donors (Lipinski definition) is 1. The van der Waals surface area contributed by atoms with Gasteiger partial charge in [-0.3, -0.25) is 4.79 Å². The SMILES string of the molecule is CCOC(=O)c1c(NC(=O)COC(=O)[C@H]2CCCO2)sc2c1CC[C@@H](C)C2. The fourth-order valence-corrected chi connectivity index (χ4v) is 4.83. The third-order valence-corrected chi connectivity index (χ3v) is 5.95. The van der Waals surface area contributed by atoms with Crippen molar-refractivity contribution < 1.29 is 28.6 Å². The number of nitrogens with one attached hydrogen (secondary N) is 1. The summed E-state index contributed by atoms with van der Waals surface area (Å²) in [5, 5.41) is 3.21. The maximum absolute atomic E-state index is 12.4. The standard InChI is InChI=1S/C19H25NO6S/c1-3-24-19(23)16-12-7-6-11(2)9-14(12)27-17(16)20-15(21)10-26-18(22)13-5-4-8-25-13/h11,13H,3-10H2,1-2H3,(H,20,21)/t11-,13-/m1/s1. The molecule has 1 aromatic rings. The Morgan fingerprint density at radius 2 is 2.07 bits per heavy atom. The highest BCUT2D eigenvalue weighted by atomic mass is 32.1. The molecule has 7 nitrogen and oxygen atoms in total. The number of hydrogen-bond acceptors (Lipinski definition) is 7. The van der Waals surface area contributed by atoms with E-state index < -0.39 is 30.6 Å². The molecule has 8 heteroatoms. The number of fused-ring (bicyclic) bond motifs is 1. The molecule has 0 unspecified atom stereocenters. The first-order valence-corrected chi connectivity index (χ1v) is 10.2. The molecule has 0 bridgehead atoms. The van der Waals surface area contributed by atoms with Gasteiger partial charge in [0.1, 0.15) is 5.00 Å². The zero-order valence-corrected chi connectivity index (χ0v) is 16.5. The largest absolute Gasteiger partial charge is 0.462 e. The number of esters is 2. The number of thiophene rings is 1. The van der Waals surface area contributed by atoms with E-state index in [-0.39, 0.29) is 6.61 Å². The van der Waals surface area contributed by atoms with Crippen molar-refractivity contribution in [2.45, 2.75) is 52.1 Å².